The van der Waals surface area contributed by atoms with Crippen molar-refractivity contribution in [2.45, 2.75) is 24.9 Å². The van der Waals surface area contributed by atoms with Crippen molar-refractivity contribution in [3.05, 3.63) is 23.3 Å². The largest absolute Gasteiger partial charge is 0.611 e. The average Bonchev–Trinajstić information content (AvgIpc) is 2.13. The van der Waals surface area contributed by atoms with Crippen molar-refractivity contribution in [2.75, 3.05) is 5.75 Å². The lowest BCUT2D eigenvalue weighted by Gasteiger charge is -2.16. The van der Waals surface area contributed by atoms with Crippen LogP contribution in [0.4, 0.5) is 13.2 Å². The average molecular weight is 280 g/mol. The summed E-state index contributed by atoms with van der Waals surface area (Å²) < 4.78 is 48.1. The van der Waals surface area contributed by atoms with Crippen LogP contribution in [0.5, 0.6) is 0 Å². The highest BCUT2D eigenvalue weighted by molar-refractivity contribution is 7.91. The van der Waals surface area contributed by atoms with Gasteiger partial charge in [-0.2, -0.15) is 13.2 Å². The Morgan fingerprint density at radius 1 is 1.22 bits per heavy atom. The second-order valence-corrected chi connectivity index (χ2v) is 5.37. The Labute approximate surface area is 106 Å². The van der Waals surface area contributed by atoms with Gasteiger partial charge in [0.05, 0.1) is 0 Å². The van der Waals surface area contributed by atoms with Gasteiger partial charge in [0.1, 0.15) is 0 Å². The maximum absolute atomic E-state index is 12.2. The van der Waals surface area contributed by atoms with Crippen LogP contribution in [0.2, 0.25) is 0 Å². The molecule has 1 aromatic rings. The monoisotopic (exact) mass is 280 g/mol. The Morgan fingerprint density at radius 3 is 2.22 bits per heavy atom. The van der Waals surface area contributed by atoms with Gasteiger partial charge in [-0.3, -0.25) is 0 Å². The van der Waals surface area contributed by atoms with Gasteiger partial charge in [-0.1, -0.05) is 11.6 Å². The van der Waals surface area contributed by atoms with Crippen molar-refractivity contribution in [1.29, 1.82) is 0 Å². The zero-order valence-corrected chi connectivity index (χ0v) is 10.6. The van der Waals surface area contributed by atoms with Crippen molar-refractivity contribution in [3.8, 4) is 0 Å². The molecular weight excluding hydrogens is 268 g/mol. The first kappa shape index (κ1) is 15.4. The fourth-order valence-corrected chi connectivity index (χ4v) is 2.73. The van der Waals surface area contributed by atoms with E-state index >= 15 is 0 Å². The van der Waals surface area contributed by atoms with Gasteiger partial charge in [0.25, 0.3) is 0 Å². The number of rotatable bonds is 3. The van der Waals surface area contributed by atoms with Crippen LogP contribution in [0.25, 0.3) is 0 Å². The van der Waals surface area contributed by atoms with Crippen LogP contribution in [0.1, 0.15) is 11.1 Å². The minimum atomic E-state index is -4.53. The summed E-state index contributed by atoms with van der Waals surface area (Å²) in [6.45, 7) is 3.13. The molecule has 0 aliphatic carbocycles. The molecule has 0 bridgehead atoms. The third-order valence-electron chi connectivity index (χ3n) is 2.38. The van der Waals surface area contributed by atoms with E-state index in [4.69, 9.17) is 10.0 Å². The predicted molar refractivity (Wildman–Crippen MR) is 63.1 cm³/mol. The Bertz CT molecular complexity index is 437. The molecule has 1 unspecified atom stereocenters. The van der Waals surface area contributed by atoms with Crippen LogP contribution in [0.15, 0.2) is 17.0 Å². The summed E-state index contributed by atoms with van der Waals surface area (Å²) in [6.07, 6.45) is -4.53. The molecule has 0 fully saturated rings. The van der Waals surface area contributed by atoms with Crippen LogP contribution in [0, 0.1) is 13.8 Å². The quantitative estimate of drug-likeness (QED) is 0.631. The molecule has 0 aromatic heterocycles. The van der Waals surface area contributed by atoms with Crippen LogP contribution in [0.3, 0.4) is 0 Å². The highest BCUT2D eigenvalue weighted by Gasteiger charge is 2.36. The molecule has 0 aliphatic heterocycles. The van der Waals surface area contributed by atoms with Gasteiger partial charge in [-0.15, -0.1) is 0 Å². The maximum Gasteiger partial charge on any atom is 0.488 e. The molecule has 0 amide bonds. The molecule has 0 heterocycles. The van der Waals surface area contributed by atoms with Gasteiger partial charge in [-0.25, -0.2) is 0 Å². The summed E-state index contributed by atoms with van der Waals surface area (Å²) in [4.78, 5) is -0.0268. The smallest absolute Gasteiger partial charge is 0.488 e. The number of aryl methyl sites for hydroxylation is 2. The predicted octanol–water partition coefficient (Wildman–Crippen LogP) is 0.653. The fourth-order valence-electron chi connectivity index (χ4n) is 1.60. The summed E-state index contributed by atoms with van der Waals surface area (Å²) in [6, 6.07) is 2.63. The summed E-state index contributed by atoms with van der Waals surface area (Å²) in [5.41, 5.74) is 1.01. The van der Waals surface area contributed by atoms with E-state index in [0.29, 0.717) is 11.1 Å². The molecule has 2 N–H and O–H groups in total. The number of hydrogen-bond acceptors (Lipinski definition) is 3. The normalized spacial score (nSPS) is 13.6. The van der Waals surface area contributed by atoms with Gasteiger partial charge < -0.3 is 14.6 Å². The summed E-state index contributed by atoms with van der Waals surface area (Å²) in [5.74, 6) is -1.45. The molecule has 100 valence electrons. The minimum Gasteiger partial charge on any atom is -0.611 e. The van der Waals surface area contributed by atoms with Gasteiger partial charge in [0, 0.05) is 5.56 Å². The molecule has 1 atom stereocenters. The molecule has 1 aromatic carbocycles. The zero-order valence-electron chi connectivity index (χ0n) is 9.78. The van der Waals surface area contributed by atoms with Gasteiger partial charge in [-0.05, 0) is 36.6 Å². The van der Waals surface area contributed by atoms with Crippen molar-refractivity contribution in [2.24, 2.45) is 0 Å². The summed E-state index contributed by atoms with van der Waals surface area (Å²) in [5, 5.41) is 18.1. The SMILES string of the molecule is Cc1cc(C)c([S+]([O-])CC(F)(F)F)cc1B(O)O. The standard InChI is InChI=1S/C10H12BF3O3S/c1-6-3-7(2)9(4-8(6)11(15)16)18(17)5-10(12,13)14/h3-4,15-16H,5H2,1-2H3. The van der Waals surface area contributed by atoms with Crippen molar-refractivity contribution in [3.63, 3.8) is 0 Å². The zero-order chi connectivity index (χ0) is 14.1. The lowest BCUT2D eigenvalue weighted by molar-refractivity contribution is -0.106. The molecule has 18 heavy (non-hydrogen) atoms. The van der Waals surface area contributed by atoms with E-state index in [-0.39, 0.29) is 10.4 Å². The minimum absolute atomic E-state index is 0.0268. The number of alkyl halides is 3. The molecular formula is C10H12BF3O3S. The first-order valence-corrected chi connectivity index (χ1v) is 6.36. The Balaban J connectivity index is 3.12. The molecule has 3 nitrogen and oxygen atoms in total. The molecule has 1 rings (SSSR count). The van der Waals surface area contributed by atoms with Crippen LogP contribution in [-0.2, 0) is 11.2 Å². The van der Waals surface area contributed by atoms with Gasteiger partial charge in [0.2, 0.25) is 5.75 Å². The third-order valence-corrected chi connectivity index (χ3v) is 3.90. The van der Waals surface area contributed by atoms with E-state index in [2.05, 4.69) is 0 Å². The van der Waals surface area contributed by atoms with Gasteiger partial charge in [0.15, 0.2) is 4.90 Å². The number of hydrogen-bond donors (Lipinski definition) is 2. The third kappa shape index (κ3) is 3.91. The van der Waals surface area contributed by atoms with Gasteiger partial charge >= 0.3 is 13.3 Å². The van der Waals surface area contributed by atoms with Crippen molar-refractivity contribution < 1.29 is 27.8 Å². The molecule has 0 saturated heterocycles. The Morgan fingerprint density at radius 2 is 1.78 bits per heavy atom. The topological polar surface area (TPSA) is 63.5 Å². The van der Waals surface area contributed by atoms with E-state index in [1.54, 1.807) is 6.92 Å². The lowest BCUT2D eigenvalue weighted by Crippen LogP contribution is -2.33. The first-order chi connectivity index (χ1) is 8.11. The van der Waals surface area contributed by atoms with Crippen LogP contribution >= 0.6 is 0 Å². The molecule has 0 aliphatic rings. The van der Waals surface area contributed by atoms with E-state index in [1.165, 1.54) is 13.0 Å². The fraction of sp³-hybridized carbons (Fsp3) is 0.400. The van der Waals surface area contributed by atoms with Crippen molar-refractivity contribution in [1.82, 2.24) is 0 Å². The highest BCUT2D eigenvalue weighted by atomic mass is 32.2. The number of benzene rings is 1. The van der Waals surface area contributed by atoms with E-state index in [9.17, 15) is 17.7 Å². The molecule has 0 spiro atoms. The Hall–Kier alpha value is -0.695. The lowest BCUT2D eigenvalue weighted by atomic mass is 9.77. The van der Waals surface area contributed by atoms with Crippen molar-refractivity contribution >= 4 is 23.8 Å². The molecule has 8 heteroatoms. The molecule has 0 radical (unpaired) electrons. The van der Waals surface area contributed by atoms with E-state index < -0.39 is 30.2 Å². The second kappa shape index (κ2) is 5.52. The first-order valence-electron chi connectivity index (χ1n) is 5.04. The van der Waals surface area contributed by atoms with E-state index in [1.807, 2.05) is 0 Å². The summed E-state index contributed by atoms with van der Waals surface area (Å²) >= 11 is -2.25. The van der Waals surface area contributed by atoms with E-state index in [0.717, 1.165) is 6.07 Å². The van der Waals surface area contributed by atoms with Crippen LogP contribution in [-0.4, -0.2) is 33.6 Å². The number of halogens is 3. The Kier molecular flexibility index (Phi) is 4.71. The highest BCUT2D eigenvalue weighted by Crippen LogP contribution is 2.24. The van der Waals surface area contributed by atoms with Crippen LogP contribution < -0.4 is 5.46 Å². The molecule has 0 saturated carbocycles. The second-order valence-electron chi connectivity index (χ2n) is 3.95. The maximum atomic E-state index is 12.2. The summed E-state index contributed by atoms with van der Waals surface area (Å²) in [7, 11) is -1.80.